The molecule has 0 bridgehead atoms. The quantitative estimate of drug-likeness (QED) is 0.618. The maximum atomic E-state index is 12.1. The second-order valence-electron chi connectivity index (χ2n) is 6.13. The number of rotatable bonds is 2. The Bertz CT molecular complexity index is 710. The topological polar surface area (TPSA) is 102 Å². The van der Waals surface area contributed by atoms with Gasteiger partial charge >= 0.3 is 11.9 Å². The highest BCUT2D eigenvalue weighted by Crippen LogP contribution is 2.48. The molecule has 2 rings (SSSR count). The lowest BCUT2D eigenvalue weighted by Crippen LogP contribution is -2.57. The van der Waals surface area contributed by atoms with Gasteiger partial charge in [0.1, 0.15) is 23.7 Å². The minimum Gasteiger partial charge on any atom is -0.472 e. The first-order valence-corrected chi connectivity index (χ1v) is 7.51. The van der Waals surface area contributed by atoms with E-state index in [0.717, 1.165) is 0 Å². The van der Waals surface area contributed by atoms with E-state index in [4.69, 9.17) is 14.2 Å². The molecule has 132 valence electrons. The highest BCUT2D eigenvalue weighted by atomic mass is 16.6. The van der Waals surface area contributed by atoms with E-state index >= 15 is 0 Å². The Morgan fingerprint density at radius 1 is 1.12 bits per heavy atom. The molecule has 1 aromatic rings. The van der Waals surface area contributed by atoms with Crippen LogP contribution in [0.1, 0.15) is 42.2 Å². The SMILES string of the molecule is COC(=O)C1(C)Oc2c(C)c(C)c(OC(C)=O)c(C)c2C(O)C1O. The highest BCUT2D eigenvalue weighted by molar-refractivity contribution is 5.82. The largest absolute Gasteiger partial charge is 0.472 e. The van der Waals surface area contributed by atoms with Gasteiger partial charge in [-0.1, -0.05) is 0 Å². The summed E-state index contributed by atoms with van der Waals surface area (Å²) in [6.07, 6.45) is -2.94. The minimum absolute atomic E-state index is 0.284. The zero-order valence-electron chi connectivity index (χ0n) is 14.6. The maximum absolute atomic E-state index is 12.1. The molecule has 0 spiro atoms. The summed E-state index contributed by atoms with van der Waals surface area (Å²) in [6, 6.07) is 0. The summed E-state index contributed by atoms with van der Waals surface area (Å²) in [4.78, 5) is 23.4. The van der Waals surface area contributed by atoms with E-state index in [0.29, 0.717) is 28.0 Å². The van der Waals surface area contributed by atoms with Gasteiger partial charge in [-0.05, 0) is 38.8 Å². The molecule has 3 unspecified atom stereocenters. The smallest absolute Gasteiger partial charge is 0.352 e. The molecule has 0 saturated heterocycles. The van der Waals surface area contributed by atoms with E-state index in [1.54, 1.807) is 20.8 Å². The molecule has 0 fully saturated rings. The van der Waals surface area contributed by atoms with Crippen molar-refractivity contribution in [1.82, 2.24) is 0 Å². The van der Waals surface area contributed by atoms with Gasteiger partial charge in [0.15, 0.2) is 0 Å². The van der Waals surface area contributed by atoms with Crippen LogP contribution in [-0.2, 0) is 14.3 Å². The monoisotopic (exact) mass is 338 g/mol. The third-order valence-electron chi connectivity index (χ3n) is 4.54. The first kappa shape index (κ1) is 18.2. The predicted octanol–water partition coefficient (Wildman–Crippen LogP) is 1.26. The third-order valence-corrected chi connectivity index (χ3v) is 4.54. The van der Waals surface area contributed by atoms with Gasteiger partial charge in [-0.25, -0.2) is 4.79 Å². The fraction of sp³-hybridized carbons (Fsp3) is 0.529. The van der Waals surface area contributed by atoms with Crippen LogP contribution >= 0.6 is 0 Å². The number of aliphatic hydroxyl groups is 2. The molecular formula is C17H22O7. The number of hydrogen-bond donors (Lipinski definition) is 2. The summed E-state index contributed by atoms with van der Waals surface area (Å²) >= 11 is 0. The Hall–Kier alpha value is -2.12. The second-order valence-corrected chi connectivity index (χ2v) is 6.13. The average Bonchev–Trinajstić information content (AvgIpc) is 2.53. The molecule has 0 radical (unpaired) electrons. The van der Waals surface area contributed by atoms with E-state index in [9.17, 15) is 19.8 Å². The Balaban J connectivity index is 2.72. The van der Waals surface area contributed by atoms with Crippen molar-refractivity contribution in [3.8, 4) is 11.5 Å². The van der Waals surface area contributed by atoms with Crippen LogP contribution in [0.4, 0.5) is 0 Å². The van der Waals surface area contributed by atoms with E-state index in [1.165, 1.54) is 21.0 Å². The summed E-state index contributed by atoms with van der Waals surface area (Å²) in [5.41, 5.74) is 0.281. The number of esters is 2. The van der Waals surface area contributed by atoms with Crippen LogP contribution in [0.5, 0.6) is 11.5 Å². The van der Waals surface area contributed by atoms with Gasteiger partial charge in [0.2, 0.25) is 5.60 Å². The van der Waals surface area contributed by atoms with Crippen LogP contribution < -0.4 is 9.47 Å². The van der Waals surface area contributed by atoms with Crippen LogP contribution in [0.15, 0.2) is 0 Å². The van der Waals surface area contributed by atoms with Crippen molar-refractivity contribution in [3.63, 3.8) is 0 Å². The van der Waals surface area contributed by atoms with E-state index in [-0.39, 0.29) is 5.75 Å². The molecule has 0 amide bonds. The predicted molar refractivity (Wildman–Crippen MR) is 84.0 cm³/mol. The number of benzene rings is 1. The molecule has 1 aliphatic rings. The van der Waals surface area contributed by atoms with Crippen molar-refractivity contribution in [2.24, 2.45) is 0 Å². The van der Waals surface area contributed by atoms with Gasteiger partial charge in [0.25, 0.3) is 0 Å². The number of carbonyl (C=O) groups is 2. The zero-order valence-corrected chi connectivity index (χ0v) is 14.6. The summed E-state index contributed by atoms with van der Waals surface area (Å²) in [5, 5.41) is 21.0. The van der Waals surface area contributed by atoms with Gasteiger partial charge in [0.05, 0.1) is 7.11 Å². The fourth-order valence-corrected chi connectivity index (χ4v) is 3.00. The van der Waals surface area contributed by atoms with Gasteiger partial charge in [-0.15, -0.1) is 0 Å². The normalized spacial score (nSPS) is 25.5. The molecule has 7 heteroatoms. The van der Waals surface area contributed by atoms with Gasteiger partial charge < -0.3 is 24.4 Å². The summed E-state index contributed by atoms with van der Waals surface area (Å²) < 4.78 is 15.7. The van der Waals surface area contributed by atoms with Gasteiger partial charge in [0, 0.05) is 18.1 Å². The maximum Gasteiger partial charge on any atom is 0.352 e. The van der Waals surface area contributed by atoms with Crippen molar-refractivity contribution >= 4 is 11.9 Å². The van der Waals surface area contributed by atoms with Gasteiger partial charge in [-0.3, -0.25) is 4.79 Å². The lowest BCUT2D eigenvalue weighted by Gasteiger charge is -2.41. The molecule has 0 aromatic heterocycles. The molecule has 3 atom stereocenters. The van der Waals surface area contributed by atoms with Crippen LogP contribution in [0.2, 0.25) is 0 Å². The van der Waals surface area contributed by atoms with Crippen LogP contribution in [0.3, 0.4) is 0 Å². The van der Waals surface area contributed by atoms with Gasteiger partial charge in [-0.2, -0.15) is 0 Å². The van der Waals surface area contributed by atoms with Crippen molar-refractivity contribution < 1.29 is 34.0 Å². The van der Waals surface area contributed by atoms with Crippen molar-refractivity contribution in [2.75, 3.05) is 7.11 Å². The number of fused-ring (bicyclic) bond motifs is 1. The number of hydrogen-bond acceptors (Lipinski definition) is 7. The van der Waals surface area contributed by atoms with E-state index < -0.39 is 29.7 Å². The Morgan fingerprint density at radius 2 is 1.71 bits per heavy atom. The molecule has 0 saturated carbocycles. The minimum atomic E-state index is -1.74. The number of carbonyl (C=O) groups excluding carboxylic acids is 2. The second kappa shape index (κ2) is 6.07. The molecule has 0 aliphatic carbocycles. The number of aliphatic hydroxyl groups excluding tert-OH is 2. The van der Waals surface area contributed by atoms with Crippen molar-refractivity contribution in [3.05, 3.63) is 22.3 Å². The molecule has 1 aliphatic heterocycles. The molecule has 24 heavy (non-hydrogen) atoms. The van der Waals surface area contributed by atoms with Crippen LogP contribution in [0.25, 0.3) is 0 Å². The van der Waals surface area contributed by atoms with Crippen molar-refractivity contribution in [1.29, 1.82) is 0 Å². The molecule has 1 aromatic carbocycles. The highest BCUT2D eigenvalue weighted by Gasteiger charge is 2.53. The molecule has 2 N–H and O–H groups in total. The lowest BCUT2D eigenvalue weighted by atomic mass is 9.83. The Labute approximate surface area is 140 Å². The first-order chi connectivity index (χ1) is 11.1. The van der Waals surface area contributed by atoms with Crippen LogP contribution in [-0.4, -0.2) is 41.0 Å². The molecule has 7 nitrogen and oxygen atoms in total. The fourth-order valence-electron chi connectivity index (χ4n) is 3.00. The lowest BCUT2D eigenvalue weighted by molar-refractivity contribution is -0.181. The van der Waals surface area contributed by atoms with E-state index in [1.807, 2.05) is 0 Å². The Kier molecular flexibility index (Phi) is 4.61. The standard InChI is InChI=1S/C17H22O7/c1-7-8(2)14-11(9(3)13(7)23-10(4)18)12(19)15(20)17(5,24-14)16(21)22-6/h12,15,19-20H,1-6H3. The number of ether oxygens (including phenoxy) is 3. The number of methoxy groups -OCH3 is 1. The molecule has 1 heterocycles. The first-order valence-electron chi connectivity index (χ1n) is 7.51. The third kappa shape index (κ3) is 2.53. The summed E-state index contributed by atoms with van der Waals surface area (Å²) in [6.45, 7) is 7.77. The molecular weight excluding hydrogens is 316 g/mol. The summed E-state index contributed by atoms with van der Waals surface area (Å²) in [7, 11) is 1.18. The van der Waals surface area contributed by atoms with Crippen molar-refractivity contribution in [2.45, 2.75) is 52.4 Å². The van der Waals surface area contributed by atoms with Crippen LogP contribution in [0, 0.1) is 20.8 Å². The van der Waals surface area contributed by atoms with E-state index in [2.05, 4.69) is 0 Å². The zero-order chi connectivity index (χ0) is 18.4. The average molecular weight is 338 g/mol. The summed E-state index contributed by atoms with van der Waals surface area (Å²) in [5.74, 6) is -0.688. The Morgan fingerprint density at radius 3 is 2.21 bits per heavy atom.